The van der Waals surface area contributed by atoms with Crippen molar-refractivity contribution in [3.63, 3.8) is 0 Å². The van der Waals surface area contributed by atoms with Crippen molar-refractivity contribution in [2.24, 2.45) is 0 Å². The standard InChI is InChI=1S/C15H21N3/c1-4-16-13(3)15-9-17-18(11-15)10-14-7-5-6-12(2)8-14/h5-9,11,13,16H,4,10H2,1-3H3. The van der Waals surface area contributed by atoms with Gasteiger partial charge in [-0.05, 0) is 26.0 Å². The van der Waals surface area contributed by atoms with Crippen LogP contribution in [0.15, 0.2) is 36.7 Å². The molecule has 1 unspecified atom stereocenters. The molecule has 0 spiro atoms. The Morgan fingerprint density at radius 2 is 2.22 bits per heavy atom. The lowest BCUT2D eigenvalue weighted by atomic mass is 10.1. The Kier molecular flexibility index (Phi) is 4.15. The van der Waals surface area contributed by atoms with Gasteiger partial charge in [-0.3, -0.25) is 4.68 Å². The van der Waals surface area contributed by atoms with Crippen LogP contribution in [0.4, 0.5) is 0 Å². The second kappa shape index (κ2) is 5.83. The molecule has 1 aromatic heterocycles. The summed E-state index contributed by atoms with van der Waals surface area (Å²) in [4.78, 5) is 0. The molecule has 0 saturated heterocycles. The zero-order valence-electron chi connectivity index (χ0n) is 11.4. The Morgan fingerprint density at radius 3 is 2.94 bits per heavy atom. The van der Waals surface area contributed by atoms with Crippen molar-refractivity contribution in [1.82, 2.24) is 15.1 Å². The minimum Gasteiger partial charge on any atom is -0.310 e. The normalized spacial score (nSPS) is 12.6. The van der Waals surface area contributed by atoms with Gasteiger partial charge >= 0.3 is 0 Å². The average Bonchev–Trinajstić information content (AvgIpc) is 2.78. The highest BCUT2D eigenvalue weighted by Crippen LogP contribution is 2.12. The third-order valence-electron chi connectivity index (χ3n) is 3.09. The highest BCUT2D eigenvalue weighted by molar-refractivity contribution is 5.22. The number of nitrogens with one attached hydrogen (secondary N) is 1. The summed E-state index contributed by atoms with van der Waals surface area (Å²) in [6.07, 6.45) is 4.07. The number of nitrogens with zero attached hydrogens (tertiary/aromatic N) is 2. The van der Waals surface area contributed by atoms with Crippen molar-refractivity contribution < 1.29 is 0 Å². The minimum atomic E-state index is 0.362. The topological polar surface area (TPSA) is 29.9 Å². The molecule has 3 heteroatoms. The lowest BCUT2D eigenvalue weighted by Gasteiger charge is -2.09. The monoisotopic (exact) mass is 243 g/mol. The lowest BCUT2D eigenvalue weighted by molar-refractivity contribution is 0.596. The third-order valence-corrected chi connectivity index (χ3v) is 3.09. The minimum absolute atomic E-state index is 0.362. The Balaban J connectivity index is 2.06. The van der Waals surface area contributed by atoms with Gasteiger partial charge in [0.2, 0.25) is 0 Å². The largest absolute Gasteiger partial charge is 0.310 e. The summed E-state index contributed by atoms with van der Waals surface area (Å²) in [7, 11) is 0. The van der Waals surface area contributed by atoms with Gasteiger partial charge in [-0.25, -0.2) is 0 Å². The number of rotatable bonds is 5. The summed E-state index contributed by atoms with van der Waals surface area (Å²) in [6.45, 7) is 8.21. The first-order valence-electron chi connectivity index (χ1n) is 6.50. The maximum absolute atomic E-state index is 4.42. The number of hydrogen-bond acceptors (Lipinski definition) is 2. The SMILES string of the molecule is CCNC(C)c1cnn(Cc2cccc(C)c2)c1. The highest BCUT2D eigenvalue weighted by atomic mass is 15.3. The molecule has 18 heavy (non-hydrogen) atoms. The van der Waals surface area contributed by atoms with Crippen LogP contribution in [0, 0.1) is 6.92 Å². The van der Waals surface area contributed by atoms with E-state index < -0.39 is 0 Å². The lowest BCUT2D eigenvalue weighted by Crippen LogP contribution is -2.17. The molecular weight excluding hydrogens is 222 g/mol. The Bertz CT molecular complexity index is 502. The van der Waals surface area contributed by atoms with Gasteiger partial charge in [-0.1, -0.05) is 36.8 Å². The van der Waals surface area contributed by atoms with E-state index in [0.717, 1.165) is 13.1 Å². The van der Waals surface area contributed by atoms with E-state index in [9.17, 15) is 0 Å². The average molecular weight is 243 g/mol. The molecule has 3 nitrogen and oxygen atoms in total. The number of benzene rings is 1. The third kappa shape index (κ3) is 3.20. The molecule has 1 atom stereocenters. The Hall–Kier alpha value is -1.61. The molecule has 0 aliphatic rings. The second-order valence-corrected chi connectivity index (χ2v) is 4.74. The molecule has 0 saturated carbocycles. The van der Waals surface area contributed by atoms with Crippen molar-refractivity contribution in [2.75, 3.05) is 6.54 Å². The van der Waals surface area contributed by atoms with Gasteiger partial charge in [0.15, 0.2) is 0 Å². The number of hydrogen-bond donors (Lipinski definition) is 1. The van der Waals surface area contributed by atoms with E-state index in [0.29, 0.717) is 6.04 Å². The maximum atomic E-state index is 4.42. The van der Waals surface area contributed by atoms with Gasteiger partial charge in [-0.2, -0.15) is 5.10 Å². The molecule has 1 aromatic carbocycles. The molecule has 2 aromatic rings. The summed E-state index contributed by atoms with van der Waals surface area (Å²) < 4.78 is 2.00. The fraction of sp³-hybridized carbons (Fsp3) is 0.400. The van der Waals surface area contributed by atoms with Crippen LogP contribution in [-0.4, -0.2) is 16.3 Å². The first kappa shape index (κ1) is 12.8. The number of aryl methyl sites for hydroxylation is 1. The van der Waals surface area contributed by atoms with Crippen LogP contribution >= 0.6 is 0 Å². The zero-order valence-corrected chi connectivity index (χ0v) is 11.4. The van der Waals surface area contributed by atoms with E-state index in [1.165, 1.54) is 16.7 Å². The van der Waals surface area contributed by atoms with Gasteiger partial charge in [0.05, 0.1) is 12.7 Å². The quantitative estimate of drug-likeness (QED) is 0.875. The fourth-order valence-corrected chi connectivity index (χ4v) is 2.11. The van der Waals surface area contributed by atoms with Gasteiger partial charge < -0.3 is 5.32 Å². The van der Waals surface area contributed by atoms with Crippen LogP contribution in [0.25, 0.3) is 0 Å². The summed E-state index contributed by atoms with van der Waals surface area (Å²) in [5.74, 6) is 0. The van der Waals surface area contributed by atoms with Gasteiger partial charge in [-0.15, -0.1) is 0 Å². The predicted octanol–water partition coefficient (Wildman–Crippen LogP) is 2.91. The molecule has 0 radical (unpaired) electrons. The maximum Gasteiger partial charge on any atom is 0.0659 e. The predicted molar refractivity (Wildman–Crippen MR) is 74.6 cm³/mol. The highest BCUT2D eigenvalue weighted by Gasteiger charge is 2.06. The molecule has 0 amide bonds. The van der Waals surface area contributed by atoms with Crippen LogP contribution in [0.3, 0.4) is 0 Å². The van der Waals surface area contributed by atoms with Crippen LogP contribution < -0.4 is 5.32 Å². The first-order valence-corrected chi connectivity index (χ1v) is 6.50. The van der Waals surface area contributed by atoms with E-state index in [1.54, 1.807) is 0 Å². The molecule has 1 heterocycles. The van der Waals surface area contributed by atoms with E-state index in [-0.39, 0.29) is 0 Å². The summed E-state index contributed by atoms with van der Waals surface area (Å²) in [5.41, 5.74) is 3.83. The summed E-state index contributed by atoms with van der Waals surface area (Å²) in [6, 6.07) is 8.92. The molecule has 96 valence electrons. The van der Waals surface area contributed by atoms with Crippen molar-refractivity contribution in [2.45, 2.75) is 33.4 Å². The second-order valence-electron chi connectivity index (χ2n) is 4.74. The van der Waals surface area contributed by atoms with Crippen molar-refractivity contribution in [1.29, 1.82) is 0 Å². The molecule has 0 aliphatic carbocycles. The van der Waals surface area contributed by atoms with Crippen molar-refractivity contribution >= 4 is 0 Å². The van der Waals surface area contributed by atoms with Crippen molar-refractivity contribution in [3.8, 4) is 0 Å². The summed E-state index contributed by atoms with van der Waals surface area (Å²) >= 11 is 0. The van der Waals surface area contributed by atoms with E-state index in [4.69, 9.17) is 0 Å². The molecule has 0 bridgehead atoms. The molecular formula is C15H21N3. The van der Waals surface area contributed by atoms with Gasteiger partial charge in [0, 0.05) is 17.8 Å². The molecule has 2 rings (SSSR count). The Labute approximate surface area is 109 Å². The van der Waals surface area contributed by atoms with E-state index >= 15 is 0 Å². The Morgan fingerprint density at radius 1 is 1.39 bits per heavy atom. The molecule has 0 fully saturated rings. The van der Waals surface area contributed by atoms with Crippen molar-refractivity contribution in [3.05, 3.63) is 53.3 Å². The smallest absolute Gasteiger partial charge is 0.0659 e. The van der Waals surface area contributed by atoms with Crippen LogP contribution in [0.1, 0.15) is 36.6 Å². The molecule has 0 aliphatic heterocycles. The zero-order chi connectivity index (χ0) is 13.0. The number of aromatic nitrogens is 2. The van der Waals surface area contributed by atoms with E-state index in [2.05, 4.69) is 61.6 Å². The van der Waals surface area contributed by atoms with Crippen LogP contribution in [-0.2, 0) is 6.54 Å². The van der Waals surface area contributed by atoms with Gasteiger partial charge in [0.1, 0.15) is 0 Å². The fourth-order valence-electron chi connectivity index (χ4n) is 2.11. The van der Waals surface area contributed by atoms with E-state index in [1.807, 2.05) is 10.9 Å². The van der Waals surface area contributed by atoms with Gasteiger partial charge in [0.25, 0.3) is 0 Å². The van der Waals surface area contributed by atoms with Crippen LogP contribution in [0.5, 0.6) is 0 Å². The van der Waals surface area contributed by atoms with Crippen LogP contribution in [0.2, 0.25) is 0 Å². The molecule has 1 N–H and O–H groups in total. The first-order chi connectivity index (χ1) is 8.69. The summed E-state index contributed by atoms with van der Waals surface area (Å²) in [5, 5.41) is 7.82.